The largest absolute Gasteiger partial charge is 0.456 e. The monoisotopic (exact) mass is 325 g/mol. The topological polar surface area (TPSA) is 69.1 Å². The fourth-order valence-corrected chi connectivity index (χ4v) is 3.19. The number of aryl methyl sites for hydroxylation is 1. The Morgan fingerprint density at radius 1 is 1.29 bits per heavy atom. The van der Waals surface area contributed by atoms with E-state index >= 15 is 0 Å². The minimum atomic E-state index is -0.0926. The highest BCUT2D eigenvalue weighted by molar-refractivity contribution is 5.91. The van der Waals surface area contributed by atoms with Crippen molar-refractivity contribution in [1.82, 2.24) is 24.2 Å². The maximum atomic E-state index is 12.8. The molecule has 1 aliphatic rings. The van der Waals surface area contributed by atoms with Gasteiger partial charge in [0.1, 0.15) is 11.6 Å². The van der Waals surface area contributed by atoms with E-state index in [9.17, 15) is 4.79 Å². The number of nitrogens with zero attached hydrogens (tertiary/aromatic N) is 5. The Balaban J connectivity index is 1.60. The van der Waals surface area contributed by atoms with Crippen LogP contribution >= 0.6 is 0 Å². The van der Waals surface area contributed by atoms with Gasteiger partial charge in [-0.05, 0) is 25.1 Å². The quantitative estimate of drug-likeness (QED) is 0.738. The van der Waals surface area contributed by atoms with E-state index in [4.69, 9.17) is 4.42 Å². The smallest absolute Gasteiger partial charge is 0.289 e. The van der Waals surface area contributed by atoms with Gasteiger partial charge in [0, 0.05) is 50.3 Å². The molecule has 0 N–H and O–H groups in total. The molecule has 24 heavy (non-hydrogen) atoms. The highest BCUT2D eigenvalue weighted by Gasteiger charge is 2.28. The van der Waals surface area contributed by atoms with Gasteiger partial charge in [-0.1, -0.05) is 0 Å². The van der Waals surface area contributed by atoms with Crippen LogP contribution in [0.25, 0.3) is 0 Å². The van der Waals surface area contributed by atoms with Crippen LogP contribution in [0.1, 0.15) is 22.1 Å². The molecule has 1 atom stereocenters. The molecule has 0 unspecified atom stereocenters. The van der Waals surface area contributed by atoms with E-state index in [1.807, 2.05) is 41.0 Å². The second-order valence-electron chi connectivity index (χ2n) is 6.19. The van der Waals surface area contributed by atoms with Crippen LogP contribution in [0.15, 0.2) is 47.4 Å². The summed E-state index contributed by atoms with van der Waals surface area (Å²) in [5.74, 6) is 2.17. The van der Waals surface area contributed by atoms with Gasteiger partial charge in [0.05, 0.1) is 6.54 Å². The summed E-state index contributed by atoms with van der Waals surface area (Å²) >= 11 is 0. The number of imidazole rings is 1. The van der Waals surface area contributed by atoms with Crippen LogP contribution in [0.3, 0.4) is 0 Å². The Morgan fingerprint density at radius 2 is 2.21 bits per heavy atom. The third kappa shape index (κ3) is 2.84. The maximum Gasteiger partial charge on any atom is 0.289 e. The first kappa shape index (κ1) is 14.7. The molecule has 0 aromatic carbocycles. The number of rotatable bonds is 3. The van der Waals surface area contributed by atoms with Gasteiger partial charge >= 0.3 is 0 Å². The lowest BCUT2D eigenvalue weighted by atomic mass is 10.1. The first-order chi connectivity index (χ1) is 11.7. The molecule has 0 aliphatic carbocycles. The normalized spacial score (nSPS) is 17.5. The first-order valence-electron chi connectivity index (χ1n) is 8.02. The zero-order valence-electron chi connectivity index (χ0n) is 13.5. The molecular weight excluding hydrogens is 306 g/mol. The Bertz CT molecular complexity index is 833. The molecule has 4 heterocycles. The van der Waals surface area contributed by atoms with Crippen molar-refractivity contribution in [2.45, 2.75) is 26.6 Å². The number of aromatic nitrogens is 4. The molecule has 1 aliphatic heterocycles. The fraction of sp³-hybridized carbons (Fsp3) is 0.353. The van der Waals surface area contributed by atoms with Gasteiger partial charge in [0.2, 0.25) is 0 Å². The molecule has 1 amide bonds. The van der Waals surface area contributed by atoms with Crippen LogP contribution in [0.4, 0.5) is 0 Å². The number of carbonyl (C=O) groups is 1. The van der Waals surface area contributed by atoms with Crippen molar-refractivity contribution >= 4 is 5.91 Å². The Morgan fingerprint density at radius 3 is 2.96 bits per heavy atom. The molecule has 7 heteroatoms. The van der Waals surface area contributed by atoms with Gasteiger partial charge in [0.15, 0.2) is 5.76 Å². The predicted molar refractivity (Wildman–Crippen MR) is 86.1 cm³/mol. The molecule has 0 fully saturated rings. The van der Waals surface area contributed by atoms with Gasteiger partial charge in [0.25, 0.3) is 5.91 Å². The zero-order valence-corrected chi connectivity index (χ0v) is 13.5. The summed E-state index contributed by atoms with van der Waals surface area (Å²) in [6, 6.07) is 5.46. The molecule has 0 spiro atoms. The van der Waals surface area contributed by atoms with Crippen LogP contribution in [0, 0.1) is 12.8 Å². The van der Waals surface area contributed by atoms with Crippen molar-refractivity contribution in [2.75, 3.05) is 6.54 Å². The number of fused-ring (bicyclic) bond motifs is 1. The molecule has 3 aromatic heterocycles. The summed E-state index contributed by atoms with van der Waals surface area (Å²) in [7, 11) is 0. The molecular formula is C17H19N5O2. The van der Waals surface area contributed by atoms with Gasteiger partial charge in [-0.25, -0.2) is 4.98 Å². The molecule has 0 saturated carbocycles. The number of furan rings is 1. The summed E-state index contributed by atoms with van der Waals surface area (Å²) in [5.41, 5.74) is 0. The highest BCUT2D eigenvalue weighted by Crippen LogP contribution is 2.20. The van der Waals surface area contributed by atoms with E-state index in [0.717, 1.165) is 24.7 Å². The van der Waals surface area contributed by atoms with Crippen LogP contribution in [-0.2, 0) is 19.6 Å². The third-order valence-electron chi connectivity index (χ3n) is 4.31. The third-order valence-corrected chi connectivity index (χ3v) is 4.31. The predicted octanol–water partition coefficient (Wildman–Crippen LogP) is 1.95. The molecule has 0 bridgehead atoms. The van der Waals surface area contributed by atoms with Gasteiger partial charge < -0.3 is 13.9 Å². The summed E-state index contributed by atoms with van der Waals surface area (Å²) in [4.78, 5) is 19.0. The molecule has 0 saturated heterocycles. The Hall–Kier alpha value is -2.83. The van der Waals surface area contributed by atoms with Crippen LogP contribution in [0.5, 0.6) is 0 Å². The Kier molecular flexibility index (Phi) is 3.68. The van der Waals surface area contributed by atoms with Crippen LogP contribution in [-0.4, -0.2) is 36.7 Å². The average Bonchev–Trinajstić information content (AvgIpc) is 3.28. The standard InChI is InChI=1S/C17H19N5O2/c1-13-3-4-15(24-13)17(23)21-10-14(11-22-7-2-5-19-22)9-20-8-6-18-16(20)12-21/h2-8,14H,9-12H2,1H3/t14-/m0/s1. The number of carbonyl (C=O) groups excluding carboxylic acids is 1. The molecule has 0 radical (unpaired) electrons. The second kappa shape index (κ2) is 5.99. The zero-order chi connectivity index (χ0) is 16.5. The molecule has 124 valence electrons. The van der Waals surface area contributed by atoms with Crippen molar-refractivity contribution in [2.24, 2.45) is 5.92 Å². The summed E-state index contributed by atoms with van der Waals surface area (Å²) in [5, 5.41) is 4.29. The number of hydrogen-bond acceptors (Lipinski definition) is 4. The van der Waals surface area contributed by atoms with Crippen molar-refractivity contribution in [3.63, 3.8) is 0 Å². The van der Waals surface area contributed by atoms with Crippen molar-refractivity contribution in [1.29, 1.82) is 0 Å². The Labute approximate surface area is 139 Å². The van der Waals surface area contributed by atoms with E-state index in [-0.39, 0.29) is 11.8 Å². The lowest BCUT2D eigenvalue weighted by molar-refractivity contribution is 0.0679. The van der Waals surface area contributed by atoms with Gasteiger partial charge in [-0.3, -0.25) is 9.48 Å². The highest BCUT2D eigenvalue weighted by atomic mass is 16.3. The van der Waals surface area contributed by atoms with Gasteiger partial charge in [-0.15, -0.1) is 0 Å². The second-order valence-corrected chi connectivity index (χ2v) is 6.19. The van der Waals surface area contributed by atoms with Gasteiger partial charge in [-0.2, -0.15) is 5.10 Å². The minimum Gasteiger partial charge on any atom is -0.456 e. The molecule has 3 aromatic rings. The van der Waals surface area contributed by atoms with E-state index in [1.54, 1.807) is 18.5 Å². The van der Waals surface area contributed by atoms with Crippen LogP contribution in [0.2, 0.25) is 0 Å². The van der Waals surface area contributed by atoms with E-state index in [2.05, 4.69) is 14.6 Å². The number of hydrogen-bond donors (Lipinski definition) is 0. The van der Waals surface area contributed by atoms with Crippen molar-refractivity contribution < 1.29 is 9.21 Å². The van der Waals surface area contributed by atoms with Crippen molar-refractivity contribution in [3.8, 4) is 0 Å². The summed E-state index contributed by atoms with van der Waals surface area (Å²) in [6.07, 6.45) is 7.47. The van der Waals surface area contributed by atoms with E-state index in [1.165, 1.54) is 0 Å². The first-order valence-corrected chi connectivity index (χ1v) is 8.02. The maximum absolute atomic E-state index is 12.8. The van der Waals surface area contributed by atoms with E-state index < -0.39 is 0 Å². The molecule has 4 rings (SSSR count). The molecule has 7 nitrogen and oxygen atoms in total. The van der Waals surface area contributed by atoms with Crippen molar-refractivity contribution in [3.05, 3.63) is 60.3 Å². The summed E-state index contributed by atoms with van der Waals surface area (Å²) in [6.45, 7) is 4.54. The lowest BCUT2D eigenvalue weighted by Crippen LogP contribution is -2.35. The lowest BCUT2D eigenvalue weighted by Gasteiger charge is -2.23. The average molecular weight is 325 g/mol. The minimum absolute atomic E-state index is 0.0926. The number of amides is 1. The van der Waals surface area contributed by atoms with E-state index in [0.29, 0.717) is 18.8 Å². The fourth-order valence-electron chi connectivity index (χ4n) is 3.19. The van der Waals surface area contributed by atoms with Crippen LogP contribution < -0.4 is 0 Å². The summed E-state index contributed by atoms with van der Waals surface area (Å²) < 4.78 is 9.54. The SMILES string of the molecule is Cc1ccc(C(=O)N2Cc3nccn3C[C@H](Cn3cccn3)C2)o1.